The van der Waals surface area contributed by atoms with Gasteiger partial charge in [0.2, 0.25) is 6.10 Å². The average Bonchev–Trinajstić information content (AvgIpc) is 3.33. The van der Waals surface area contributed by atoms with Crippen molar-refractivity contribution >= 4 is 41.4 Å². The van der Waals surface area contributed by atoms with Crippen LogP contribution in [0.4, 0.5) is 0 Å². The van der Waals surface area contributed by atoms with E-state index in [4.69, 9.17) is 28.4 Å². The Hall–Kier alpha value is -7.35. The van der Waals surface area contributed by atoms with Crippen LogP contribution in [0.15, 0.2) is 118 Å². The van der Waals surface area contributed by atoms with Gasteiger partial charge in [-0.3, -0.25) is 29.0 Å². The summed E-state index contributed by atoms with van der Waals surface area (Å²) in [7, 11) is 0. The van der Waals surface area contributed by atoms with Gasteiger partial charge in [-0.15, -0.1) is 0 Å². The number of aromatic amines is 2. The van der Waals surface area contributed by atoms with Crippen LogP contribution in [0.2, 0.25) is 0 Å². The highest BCUT2D eigenvalue weighted by molar-refractivity contribution is 5.98. The molecular weight excluding hydrogens is 937 g/mol. The van der Waals surface area contributed by atoms with E-state index in [0.29, 0.717) is 5.56 Å². The van der Waals surface area contributed by atoms with Gasteiger partial charge in [0.05, 0.1) is 29.6 Å². The molecule has 1 saturated heterocycles. The van der Waals surface area contributed by atoms with Gasteiger partial charge >= 0.3 is 35.5 Å². The van der Waals surface area contributed by atoms with Gasteiger partial charge in [-0.2, -0.15) is 0 Å². The lowest BCUT2D eigenvalue weighted by Gasteiger charge is -2.67. The Labute approximate surface area is 411 Å². The SMILES string of the molecule is CC(=O)O[C@H]1C(=O)[C@@]2(C)[C@H]([C@H](OC(=O)c3ccccc3)[C@]3(O)C[C@H](OC(=O)[C@H](OC(=O)c4cc(=O)[nH]c(=O)[nH]4)[C@@H](CC(=O)c4ccccc4)c4ccccc4)C(C)=C1C3(C)C)[C@]1(OC(C)=O)CO[C@@H]1C[C@@H]2O. The Kier molecular flexibility index (Phi) is 13.7. The third-order valence-corrected chi connectivity index (χ3v) is 15.0. The fourth-order valence-corrected chi connectivity index (χ4v) is 11.3. The number of ketones is 2. The van der Waals surface area contributed by atoms with Crippen molar-refractivity contribution in [1.29, 1.82) is 0 Å². The molecule has 11 atom stereocenters. The zero-order valence-electron chi connectivity index (χ0n) is 40.2. The third-order valence-electron chi connectivity index (χ3n) is 15.0. The second-order valence-electron chi connectivity index (χ2n) is 19.5. The Balaban J connectivity index is 1.32. The summed E-state index contributed by atoms with van der Waals surface area (Å²) >= 11 is 0. The van der Waals surface area contributed by atoms with Crippen LogP contribution in [0.3, 0.4) is 0 Å². The van der Waals surface area contributed by atoms with Crippen LogP contribution in [-0.2, 0) is 47.6 Å². The summed E-state index contributed by atoms with van der Waals surface area (Å²) in [5.41, 5.74) is -10.4. The predicted molar refractivity (Wildman–Crippen MR) is 250 cm³/mol. The number of esters is 5. The van der Waals surface area contributed by atoms with E-state index in [1.54, 1.807) is 78.9 Å². The summed E-state index contributed by atoms with van der Waals surface area (Å²) < 4.78 is 36.6. The van der Waals surface area contributed by atoms with Crippen LogP contribution >= 0.6 is 0 Å². The van der Waals surface area contributed by atoms with Gasteiger partial charge < -0.3 is 43.6 Å². The number of H-pyrrole nitrogens is 2. The van der Waals surface area contributed by atoms with Gasteiger partial charge in [0.15, 0.2) is 23.3 Å². The summed E-state index contributed by atoms with van der Waals surface area (Å²) in [6.07, 6.45) is -11.7. The average molecular weight is 991 g/mol. The van der Waals surface area contributed by atoms with Crippen molar-refractivity contribution in [3.8, 4) is 0 Å². The molecule has 19 heteroatoms. The molecular formula is C53H54N2O17. The van der Waals surface area contributed by atoms with Crippen LogP contribution in [0.5, 0.6) is 0 Å². The Morgan fingerprint density at radius 2 is 1.40 bits per heavy atom. The zero-order chi connectivity index (χ0) is 52.1. The first-order chi connectivity index (χ1) is 34.0. The molecule has 0 radical (unpaired) electrons. The number of carbonyl (C=O) groups is 7. The number of ether oxygens (including phenoxy) is 6. The minimum absolute atomic E-state index is 0.0141. The van der Waals surface area contributed by atoms with Gasteiger partial charge in [-0.05, 0) is 42.7 Å². The summed E-state index contributed by atoms with van der Waals surface area (Å²) in [5.74, 6) is -9.85. The lowest BCUT2D eigenvalue weighted by Crippen LogP contribution is -2.82. The number of hydrogen-bond acceptors (Lipinski definition) is 17. The molecule has 4 aliphatic rings. The fraction of sp³-hybridized carbons (Fsp3) is 0.415. The van der Waals surface area contributed by atoms with Gasteiger partial charge in [-0.25, -0.2) is 19.2 Å². The molecule has 3 fully saturated rings. The van der Waals surface area contributed by atoms with Gasteiger partial charge in [0.25, 0.3) is 5.56 Å². The van der Waals surface area contributed by atoms with Crippen molar-refractivity contribution < 1.29 is 72.2 Å². The number of carbonyl (C=O) groups excluding carboxylic acids is 7. The molecule has 4 N–H and O–H groups in total. The van der Waals surface area contributed by atoms with Crippen LogP contribution in [0.25, 0.3) is 0 Å². The molecule has 0 amide bonds. The van der Waals surface area contributed by atoms with E-state index >= 15 is 9.59 Å². The van der Waals surface area contributed by atoms with Crippen LogP contribution < -0.4 is 11.2 Å². The Morgan fingerprint density at radius 1 is 0.792 bits per heavy atom. The maximum absolute atomic E-state index is 15.7. The van der Waals surface area contributed by atoms with Gasteiger partial charge in [0, 0.05) is 56.1 Å². The highest BCUT2D eigenvalue weighted by atomic mass is 16.6. The normalized spacial score (nSPS) is 29.0. The van der Waals surface area contributed by atoms with E-state index in [9.17, 15) is 43.8 Å². The molecule has 1 aromatic heterocycles. The second kappa shape index (κ2) is 19.3. The zero-order valence-corrected chi connectivity index (χ0v) is 40.2. The number of hydrogen-bond donors (Lipinski definition) is 4. The number of benzene rings is 3. The molecule has 1 aliphatic heterocycles. The molecule has 2 saturated carbocycles. The third kappa shape index (κ3) is 8.89. The van der Waals surface area contributed by atoms with Gasteiger partial charge in [-0.1, -0.05) is 92.7 Å². The topological polar surface area (TPSA) is 281 Å². The molecule has 4 aromatic rings. The van der Waals surface area contributed by atoms with Crippen molar-refractivity contribution in [3.05, 3.63) is 151 Å². The van der Waals surface area contributed by atoms with Crippen molar-refractivity contribution in [1.82, 2.24) is 9.97 Å². The van der Waals surface area contributed by atoms with E-state index in [2.05, 4.69) is 4.98 Å². The number of aliphatic hydroxyl groups excluding tert-OH is 1. The molecule has 2 bridgehead atoms. The number of aliphatic hydroxyl groups is 2. The largest absolute Gasteiger partial charge is 0.455 e. The number of nitrogens with one attached hydrogen (secondary N) is 2. The number of aromatic nitrogens is 2. The molecule has 8 rings (SSSR count). The van der Waals surface area contributed by atoms with Crippen molar-refractivity contribution in [2.75, 3.05) is 6.61 Å². The van der Waals surface area contributed by atoms with Crippen molar-refractivity contribution in [3.63, 3.8) is 0 Å². The quantitative estimate of drug-likeness (QED) is 0.0640. The molecule has 378 valence electrons. The second-order valence-corrected chi connectivity index (χ2v) is 19.5. The summed E-state index contributed by atoms with van der Waals surface area (Å²) in [6.45, 7) is 7.65. The van der Waals surface area contributed by atoms with E-state index in [0.717, 1.165) is 19.9 Å². The summed E-state index contributed by atoms with van der Waals surface area (Å²) in [4.78, 5) is 129. The first-order valence-corrected chi connectivity index (χ1v) is 23.3. The Bertz CT molecular complexity index is 2940. The van der Waals surface area contributed by atoms with E-state index in [-0.39, 0.29) is 35.3 Å². The minimum Gasteiger partial charge on any atom is -0.455 e. The van der Waals surface area contributed by atoms with Crippen LogP contribution in [-0.4, -0.2) is 116 Å². The summed E-state index contributed by atoms with van der Waals surface area (Å²) in [6, 6.07) is 24.6. The smallest absolute Gasteiger partial charge is 0.355 e. The van der Waals surface area contributed by atoms with Gasteiger partial charge in [0.1, 0.15) is 29.6 Å². The first kappa shape index (κ1) is 51.0. The van der Waals surface area contributed by atoms with E-state index in [1.165, 1.54) is 39.8 Å². The molecule has 2 heterocycles. The number of fused-ring (bicyclic) bond motifs is 5. The molecule has 0 spiro atoms. The number of rotatable bonds is 13. The van der Waals surface area contributed by atoms with Crippen LogP contribution in [0, 0.1) is 16.7 Å². The minimum atomic E-state index is -2.52. The monoisotopic (exact) mass is 990 g/mol. The molecule has 0 unspecified atom stereocenters. The lowest BCUT2D eigenvalue weighted by molar-refractivity contribution is -0.346. The number of Topliss-reactive ketones (excluding diaryl/α,β-unsaturated/α-hetero) is 2. The highest BCUT2D eigenvalue weighted by Gasteiger charge is 2.78. The highest BCUT2D eigenvalue weighted by Crippen LogP contribution is 2.64. The standard InChI is InChI=1S/C53H54N2O17/c1-27-36(69-48(64)41(70-47(63)34-23-39(60)55-49(65)54-34)33(30-16-10-7-11-17-30)22-35(58)31-18-12-8-13-19-31)25-53(66)45(71-46(62)32-20-14-9-15-21-32)43-51(6,37(59)24-38-52(43,26-67-38)72-29(3)57)44(61)42(68-28(2)56)40(27)50(53,4)5/h7-21,23,33,36-38,41-43,45,59,66H,22,24-26H2,1-6H3,(H2,54,55,60,65)/t33-,36-,37-,38+,41+,42+,43-,45-,51+,52-,53+/m0/s1. The predicted octanol–water partition coefficient (Wildman–Crippen LogP) is 3.86. The maximum atomic E-state index is 15.7. The fourth-order valence-electron chi connectivity index (χ4n) is 11.3. The lowest BCUT2D eigenvalue weighted by atomic mass is 9.44. The molecule has 3 aliphatic carbocycles. The van der Waals surface area contributed by atoms with Crippen LogP contribution in [0.1, 0.15) is 103 Å². The van der Waals surface area contributed by atoms with E-state index in [1.807, 2.05) is 4.98 Å². The molecule has 72 heavy (non-hydrogen) atoms. The Morgan fingerprint density at radius 3 is 1.97 bits per heavy atom. The maximum Gasteiger partial charge on any atom is 0.355 e. The summed E-state index contributed by atoms with van der Waals surface area (Å²) in [5, 5.41) is 26.1. The van der Waals surface area contributed by atoms with Crippen molar-refractivity contribution in [2.24, 2.45) is 16.7 Å². The first-order valence-electron chi connectivity index (χ1n) is 23.3. The molecule has 19 nitrogen and oxygen atoms in total. The van der Waals surface area contributed by atoms with E-state index < -0.39 is 142 Å². The molecule has 3 aromatic carbocycles. The van der Waals surface area contributed by atoms with Crippen molar-refractivity contribution in [2.45, 2.75) is 115 Å².